The normalized spacial score (nSPS) is 19.5. The molecule has 1 unspecified atom stereocenters. The fourth-order valence-corrected chi connectivity index (χ4v) is 2.49. The van der Waals surface area contributed by atoms with Crippen molar-refractivity contribution in [1.29, 1.82) is 0 Å². The van der Waals surface area contributed by atoms with Crippen molar-refractivity contribution in [3.63, 3.8) is 0 Å². The molecule has 0 radical (unpaired) electrons. The number of nitrogens with two attached hydrogens (primary N) is 1. The van der Waals surface area contributed by atoms with Crippen molar-refractivity contribution in [1.82, 2.24) is 4.90 Å². The van der Waals surface area contributed by atoms with Gasteiger partial charge in [-0.05, 0) is 24.0 Å². The number of benzene rings is 1. The average Bonchev–Trinajstić information content (AvgIpc) is 2.72. The van der Waals surface area contributed by atoms with E-state index in [4.69, 9.17) is 5.73 Å². The summed E-state index contributed by atoms with van der Waals surface area (Å²) in [5.41, 5.74) is 8.75. The molecule has 1 aromatic rings. The number of nitrogens with zero attached hydrogens (tertiary/aromatic N) is 2. The molecule has 0 saturated carbocycles. The summed E-state index contributed by atoms with van der Waals surface area (Å²) in [6, 6.07) is 8.96. The summed E-state index contributed by atoms with van der Waals surface area (Å²) in [7, 11) is 0. The van der Waals surface area contributed by atoms with Gasteiger partial charge in [0.05, 0.1) is 12.6 Å². The van der Waals surface area contributed by atoms with Crippen LogP contribution in [0.2, 0.25) is 0 Å². The summed E-state index contributed by atoms with van der Waals surface area (Å²) in [4.78, 5) is 6.62. The Morgan fingerprint density at radius 3 is 2.82 bits per heavy atom. The monoisotopic (exact) mass is 231 g/mol. The van der Waals surface area contributed by atoms with Gasteiger partial charge < -0.3 is 10.6 Å². The van der Waals surface area contributed by atoms with Crippen molar-refractivity contribution in [3.8, 4) is 0 Å². The Bertz CT molecular complexity index is 412. The summed E-state index contributed by atoms with van der Waals surface area (Å²) in [6.07, 6.45) is 2.16. The first-order valence-electron chi connectivity index (χ1n) is 6.42. The van der Waals surface area contributed by atoms with Gasteiger partial charge in [0.15, 0.2) is 5.96 Å². The number of hydrogen-bond acceptors (Lipinski definition) is 3. The molecule has 0 spiro atoms. The van der Waals surface area contributed by atoms with Gasteiger partial charge in [0, 0.05) is 6.54 Å². The smallest absolute Gasteiger partial charge is 0.191 e. The van der Waals surface area contributed by atoms with Crippen molar-refractivity contribution in [2.75, 3.05) is 13.1 Å². The molecule has 0 fully saturated rings. The van der Waals surface area contributed by atoms with Crippen LogP contribution in [0.15, 0.2) is 29.3 Å². The lowest BCUT2D eigenvalue weighted by Crippen LogP contribution is -2.36. The van der Waals surface area contributed by atoms with E-state index in [2.05, 4.69) is 48.0 Å². The Balaban J connectivity index is 2.27. The third kappa shape index (κ3) is 2.28. The Morgan fingerprint density at radius 2 is 2.12 bits per heavy atom. The lowest BCUT2D eigenvalue weighted by atomic mass is 9.98. The van der Waals surface area contributed by atoms with Gasteiger partial charge in [0.1, 0.15) is 0 Å². The van der Waals surface area contributed by atoms with E-state index in [-0.39, 0.29) is 0 Å². The van der Waals surface area contributed by atoms with Gasteiger partial charge in [-0.1, -0.05) is 38.1 Å². The van der Waals surface area contributed by atoms with Crippen LogP contribution in [-0.4, -0.2) is 23.9 Å². The first kappa shape index (κ1) is 12.0. The van der Waals surface area contributed by atoms with Crippen LogP contribution in [0.4, 0.5) is 0 Å². The second-order valence-electron chi connectivity index (χ2n) is 4.46. The summed E-state index contributed by atoms with van der Waals surface area (Å²) >= 11 is 0. The van der Waals surface area contributed by atoms with E-state index in [0.29, 0.717) is 12.0 Å². The quantitative estimate of drug-likeness (QED) is 0.864. The molecule has 3 nitrogen and oxygen atoms in total. The predicted molar refractivity (Wildman–Crippen MR) is 72.0 cm³/mol. The summed E-state index contributed by atoms with van der Waals surface area (Å²) in [6.45, 7) is 6.15. The standard InChI is InChI=1S/C14H21N3/c1-3-9-17-13(10-16-14(17)15)12-8-6-5-7-11(12)4-2/h5-8,13H,3-4,9-10H2,1-2H3,(H2,15,16). The Labute approximate surface area is 103 Å². The van der Waals surface area contributed by atoms with Crippen LogP contribution in [0.5, 0.6) is 0 Å². The first-order valence-corrected chi connectivity index (χ1v) is 6.42. The molecule has 1 heterocycles. The van der Waals surface area contributed by atoms with Crippen LogP contribution < -0.4 is 5.73 Å². The van der Waals surface area contributed by atoms with Crippen LogP contribution in [-0.2, 0) is 6.42 Å². The molecule has 1 aliphatic heterocycles. The van der Waals surface area contributed by atoms with Crippen molar-refractivity contribution in [2.24, 2.45) is 10.7 Å². The number of hydrogen-bond donors (Lipinski definition) is 1. The highest BCUT2D eigenvalue weighted by Crippen LogP contribution is 2.28. The first-order chi connectivity index (χ1) is 8.27. The van der Waals surface area contributed by atoms with Crippen LogP contribution in [0.3, 0.4) is 0 Å². The number of aryl methyl sites for hydroxylation is 1. The van der Waals surface area contributed by atoms with E-state index in [1.54, 1.807) is 0 Å². The summed E-state index contributed by atoms with van der Waals surface area (Å²) < 4.78 is 0. The van der Waals surface area contributed by atoms with E-state index < -0.39 is 0 Å². The van der Waals surface area contributed by atoms with Crippen LogP contribution in [0, 0.1) is 0 Å². The zero-order chi connectivity index (χ0) is 12.3. The zero-order valence-electron chi connectivity index (χ0n) is 10.7. The van der Waals surface area contributed by atoms with Crippen LogP contribution in [0.1, 0.15) is 37.4 Å². The van der Waals surface area contributed by atoms with Crippen molar-refractivity contribution in [3.05, 3.63) is 35.4 Å². The highest BCUT2D eigenvalue weighted by molar-refractivity contribution is 5.80. The molecule has 17 heavy (non-hydrogen) atoms. The second kappa shape index (κ2) is 5.21. The van der Waals surface area contributed by atoms with E-state index in [1.165, 1.54) is 11.1 Å². The zero-order valence-corrected chi connectivity index (χ0v) is 10.7. The van der Waals surface area contributed by atoms with E-state index in [9.17, 15) is 0 Å². The van der Waals surface area contributed by atoms with Gasteiger partial charge in [-0.2, -0.15) is 0 Å². The fourth-order valence-electron chi connectivity index (χ4n) is 2.49. The maximum absolute atomic E-state index is 5.96. The molecule has 2 N–H and O–H groups in total. The molecule has 0 saturated heterocycles. The lowest BCUT2D eigenvalue weighted by Gasteiger charge is -2.27. The highest BCUT2D eigenvalue weighted by Gasteiger charge is 2.27. The van der Waals surface area contributed by atoms with Gasteiger partial charge in [-0.25, -0.2) is 0 Å². The summed E-state index contributed by atoms with van der Waals surface area (Å²) in [5.74, 6) is 0.697. The molecule has 1 aromatic carbocycles. The molecule has 0 aliphatic carbocycles. The molecule has 3 heteroatoms. The topological polar surface area (TPSA) is 41.6 Å². The minimum atomic E-state index is 0.339. The highest BCUT2D eigenvalue weighted by atomic mass is 15.3. The van der Waals surface area contributed by atoms with Crippen molar-refractivity contribution < 1.29 is 0 Å². The van der Waals surface area contributed by atoms with Gasteiger partial charge in [0.25, 0.3) is 0 Å². The number of guanidine groups is 1. The maximum Gasteiger partial charge on any atom is 0.191 e. The van der Waals surface area contributed by atoms with Crippen LogP contribution >= 0.6 is 0 Å². The Kier molecular flexibility index (Phi) is 3.67. The number of rotatable bonds is 4. The maximum atomic E-state index is 5.96. The molecule has 0 amide bonds. The molecule has 2 rings (SSSR count). The van der Waals surface area contributed by atoms with Gasteiger partial charge in [-0.3, -0.25) is 4.99 Å². The minimum absolute atomic E-state index is 0.339. The molecular weight excluding hydrogens is 210 g/mol. The second-order valence-corrected chi connectivity index (χ2v) is 4.46. The van der Waals surface area contributed by atoms with Gasteiger partial charge >= 0.3 is 0 Å². The third-order valence-corrected chi connectivity index (χ3v) is 3.36. The van der Waals surface area contributed by atoms with Crippen molar-refractivity contribution in [2.45, 2.75) is 32.7 Å². The molecule has 1 atom stereocenters. The third-order valence-electron chi connectivity index (χ3n) is 3.36. The van der Waals surface area contributed by atoms with Gasteiger partial charge in [0.2, 0.25) is 0 Å². The van der Waals surface area contributed by atoms with E-state index >= 15 is 0 Å². The number of aliphatic imine (C=N–C) groups is 1. The lowest BCUT2D eigenvalue weighted by molar-refractivity contribution is 0.346. The summed E-state index contributed by atoms with van der Waals surface area (Å²) in [5, 5.41) is 0. The Morgan fingerprint density at radius 1 is 1.35 bits per heavy atom. The fraction of sp³-hybridized carbons (Fsp3) is 0.500. The average molecular weight is 231 g/mol. The SMILES string of the molecule is CCCN1C(N)=NCC1c1ccccc1CC. The van der Waals surface area contributed by atoms with Gasteiger partial charge in [-0.15, -0.1) is 0 Å². The molecule has 1 aliphatic rings. The van der Waals surface area contributed by atoms with Crippen LogP contribution in [0.25, 0.3) is 0 Å². The predicted octanol–water partition coefficient (Wildman–Crippen LogP) is 2.33. The molecule has 92 valence electrons. The van der Waals surface area contributed by atoms with E-state index in [0.717, 1.165) is 25.9 Å². The minimum Gasteiger partial charge on any atom is -0.370 e. The molecular formula is C14H21N3. The Hall–Kier alpha value is -1.51. The largest absolute Gasteiger partial charge is 0.370 e. The van der Waals surface area contributed by atoms with Crippen molar-refractivity contribution >= 4 is 5.96 Å². The molecule has 0 aromatic heterocycles. The van der Waals surface area contributed by atoms with E-state index in [1.807, 2.05) is 0 Å². The molecule has 0 bridgehead atoms.